The largest absolute Gasteiger partial charge is 0.384 e. The Morgan fingerprint density at radius 2 is 1.73 bits per heavy atom. The second kappa shape index (κ2) is 6.54. The summed E-state index contributed by atoms with van der Waals surface area (Å²) < 4.78 is 2.37. The first kappa shape index (κ1) is 19.1. The molecule has 2 heterocycles. The van der Waals surface area contributed by atoms with Gasteiger partial charge in [-0.15, -0.1) is 0 Å². The minimum Gasteiger partial charge on any atom is -0.384 e. The highest BCUT2D eigenvalue weighted by molar-refractivity contribution is 6.42. The Hall–Kier alpha value is -2.93. The van der Waals surface area contributed by atoms with E-state index >= 15 is 0 Å². The van der Waals surface area contributed by atoms with Crippen molar-refractivity contribution in [3.63, 3.8) is 0 Å². The fourth-order valence-electron chi connectivity index (χ4n) is 4.13. The van der Waals surface area contributed by atoms with Crippen LogP contribution >= 0.6 is 23.2 Å². The summed E-state index contributed by atoms with van der Waals surface area (Å²) in [7, 11) is 2.99. The molecule has 0 radical (unpaired) electrons. The second-order valence-electron chi connectivity index (χ2n) is 7.27. The van der Waals surface area contributed by atoms with Gasteiger partial charge in [-0.05, 0) is 23.3 Å². The average molecular weight is 440 g/mol. The molecule has 150 valence electrons. The van der Waals surface area contributed by atoms with E-state index < -0.39 is 17.4 Å². The molecule has 6 nitrogen and oxygen atoms in total. The molecule has 0 spiro atoms. The monoisotopic (exact) mass is 439 g/mol. The SMILES string of the molecule is Cn1c(=O)c2c(-c3ccc(Cl)c(Cl)c3)c3c(nc2n(C)c1=O)-c1ccccc1[C@@H]3O. The van der Waals surface area contributed by atoms with Crippen LogP contribution in [0.2, 0.25) is 10.0 Å². The van der Waals surface area contributed by atoms with Crippen LogP contribution in [-0.2, 0) is 14.1 Å². The first-order valence-electron chi connectivity index (χ1n) is 9.17. The van der Waals surface area contributed by atoms with Gasteiger partial charge >= 0.3 is 5.69 Å². The van der Waals surface area contributed by atoms with Gasteiger partial charge in [0.25, 0.3) is 5.56 Å². The number of fused-ring (bicyclic) bond motifs is 4. The topological polar surface area (TPSA) is 77.1 Å². The Morgan fingerprint density at radius 1 is 1.00 bits per heavy atom. The quantitative estimate of drug-likeness (QED) is 0.490. The zero-order valence-electron chi connectivity index (χ0n) is 16.0. The van der Waals surface area contributed by atoms with Crippen molar-refractivity contribution in [2.45, 2.75) is 6.10 Å². The Kier molecular flexibility index (Phi) is 4.15. The highest BCUT2D eigenvalue weighted by Crippen LogP contribution is 2.48. The molecule has 0 amide bonds. The predicted octanol–water partition coefficient (Wildman–Crippen LogP) is 3.67. The Balaban J connectivity index is 2.06. The van der Waals surface area contributed by atoms with Crippen LogP contribution in [0, 0.1) is 0 Å². The van der Waals surface area contributed by atoms with E-state index in [-0.39, 0.29) is 11.0 Å². The first-order chi connectivity index (χ1) is 14.3. The van der Waals surface area contributed by atoms with Crippen molar-refractivity contribution in [1.82, 2.24) is 14.1 Å². The fourth-order valence-corrected chi connectivity index (χ4v) is 4.43. The zero-order chi connectivity index (χ0) is 21.3. The third kappa shape index (κ3) is 2.45. The molecule has 0 aliphatic heterocycles. The predicted molar refractivity (Wildman–Crippen MR) is 117 cm³/mol. The molecule has 1 aliphatic carbocycles. The van der Waals surface area contributed by atoms with E-state index in [4.69, 9.17) is 23.2 Å². The van der Waals surface area contributed by atoms with E-state index in [0.29, 0.717) is 38.0 Å². The van der Waals surface area contributed by atoms with E-state index in [2.05, 4.69) is 4.98 Å². The van der Waals surface area contributed by atoms with E-state index in [1.807, 2.05) is 24.3 Å². The average Bonchev–Trinajstić information content (AvgIpc) is 3.03. The third-order valence-electron chi connectivity index (χ3n) is 5.62. The molecule has 4 aromatic rings. The summed E-state index contributed by atoms with van der Waals surface area (Å²) in [6.07, 6.45) is -0.973. The summed E-state index contributed by atoms with van der Waals surface area (Å²) in [5.41, 5.74) is 2.87. The molecule has 0 saturated carbocycles. The van der Waals surface area contributed by atoms with Crippen LogP contribution in [0.15, 0.2) is 52.1 Å². The number of aliphatic hydroxyl groups is 1. The summed E-state index contributed by atoms with van der Waals surface area (Å²) in [5, 5.41) is 12.1. The van der Waals surface area contributed by atoms with Crippen molar-refractivity contribution in [2.75, 3.05) is 0 Å². The normalized spacial score (nSPS) is 14.8. The Morgan fingerprint density at radius 3 is 2.47 bits per heavy atom. The van der Waals surface area contributed by atoms with Crippen LogP contribution in [-0.4, -0.2) is 19.2 Å². The fraction of sp³-hybridized carbons (Fsp3) is 0.136. The van der Waals surface area contributed by atoms with Crippen LogP contribution in [0.4, 0.5) is 0 Å². The summed E-state index contributed by atoms with van der Waals surface area (Å²) >= 11 is 12.4. The van der Waals surface area contributed by atoms with Gasteiger partial charge in [0.1, 0.15) is 6.10 Å². The number of pyridine rings is 1. The number of hydrogen-bond acceptors (Lipinski definition) is 4. The third-order valence-corrected chi connectivity index (χ3v) is 6.36. The minimum atomic E-state index is -0.973. The molecule has 2 aromatic heterocycles. The number of aryl methyl sites for hydroxylation is 1. The molecule has 2 aromatic carbocycles. The maximum absolute atomic E-state index is 13.2. The van der Waals surface area contributed by atoms with Gasteiger partial charge in [-0.2, -0.15) is 0 Å². The van der Waals surface area contributed by atoms with Gasteiger partial charge in [-0.3, -0.25) is 13.9 Å². The molecule has 1 atom stereocenters. The van der Waals surface area contributed by atoms with Crippen LogP contribution in [0.1, 0.15) is 17.2 Å². The lowest BCUT2D eigenvalue weighted by molar-refractivity contribution is 0.225. The highest BCUT2D eigenvalue weighted by atomic mass is 35.5. The summed E-state index contributed by atoms with van der Waals surface area (Å²) in [6.45, 7) is 0. The van der Waals surface area contributed by atoms with Crippen molar-refractivity contribution in [3.05, 3.63) is 84.5 Å². The Bertz CT molecular complexity index is 1500. The second-order valence-corrected chi connectivity index (χ2v) is 8.09. The zero-order valence-corrected chi connectivity index (χ0v) is 17.5. The molecule has 0 saturated heterocycles. The van der Waals surface area contributed by atoms with E-state index in [1.54, 1.807) is 25.2 Å². The summed E-state index contributed by atoms with van der Waals surface area (Å²) in [6, 6.07) is 12.4. The molecular formula is C22H15Cl2N3O3. The van der Waals surface area contributed by atoms with Crippen molar-refractivity contribution in [2.24, 2.45) is 14.1 Å². The van der Waals surface area contributed by atoms with Crippen molar-refractivity contribution in [3.8, 4) is 22.4 Å². The Labute approximate surface area is 180 Å². The highest BCUT2D eigenvalue weighted by Gasteiger charge is 2.34. The maximum Gasteiger partial charge on any atom is 0.332 e. The van der Waals surface area contributed by atoms with Crippen molar-refractivity contribution >= 4 is 34.2 Å². The molecular weight excluding hydrogens is 425 g/mol. The standard InChI is InChI=1S/C22H15Cl2N3O3/c1-26-20-17(21(29)27(2)22(26)30)15(10-7-8-13(23)14(24)9-10)16-18(25-20)11-5-3-4-6-12(11)19(16)28/h3-9,19,28H,1-2H3/t19-/m0/s1. The molecule has 30 heavy (non-hydrogen) atoms. The van der Waals surface area contributed by atoms with Gasteiger partial charge in [0.05, 0.1) is 21.1 Å². The van der Waals surface area contributed by atoms with E-state index in [1.165, 1.54) is 11.6 Å². The number of aromatic nitrogens is 3. The van der Waals surface area contributed by atoms with Crippen LogP contribution in [0.5, 0.6) is 0 Å². The van der Waals surface area contributed by atoms with Gasteiger partial charge in [0, 0.05) is 30.8 Å². The lowest BCUT2D eigenvalue weighted by Crippen LogP contribution is -2.37. The number of benzene rings is 2. The molecule has 1 N–H and O–H groups in total. The van der Waals surface area contributed by atoms with Gasteiger partial charge in [0.15, 0.2) is 5.65 Å². The van der Waals surface area contributed by atoms with Crippen LogP contribution in [0.25, 0.3) is 33.4 Å². The summed E-state index contributed by atoms with van der Waals surface area (Å²) in [5.74, 6) is 0. The first-order valence-corrected chi connectivity index (χ1v) is 9.93. The number of hydrogen-bond donors (Lipinski definition) is 1. The molecule has 1 aliphatic rings. The van der Waals surface area contributed by atoms with Crippen molar-refractivity contribution < 1.29 is 5.11 Å². The lowest BCUT2D eigenvalue weighted by Gasteiger charge is -2.17. The van der Waals surface area contributed by atoms with E-state index in [9.17, 15) is 14.7 Å². The molecule has 0 fully saturated rings. The molecule has 0 bridgehead atoms. The molecule has 5 rings (SSSR count). The van der Waals surface area contributed by atoms with Crippen LogP contribution < -0.4 is 11.2 Å². The van der Waals surface area contributed by atoms with Gasteiger partial charge in [-0.25, -0.2) is 9.78 Å². The van der Waals surface area contributed by atoms with Gasteiger partial charge < -0.3 is 5.11 Å². The van der Waals surface area contributed by atoms with Gasteiger partial charge in [-0.1, -0.05) is 53.5 Å². The molecule has 8 heteroatoms. The van der Waals surface area contributed by atoms with Gasteiger partial charge in [0.2, 0.25) is 0 Å². The number of aliphatic hydroxyl groups excluding tert-OH is 1. The number of halogens is 2. The molecule has 0 unspecified atom stereocenters. The van der Waals surface area contributed by atoms with Crippen molar-refractivity contribution in [1.29, 1.82) is 0 Å². The summed E-state index contributed by atoms with van der Waals surface area (Å²) in [4.78, 5) is 30.4. The minimum absolute atomic E-state index is 0.239. The number of rotatable bonds is 1. The maximum atomic E-state index is 13.2. The smallest absolute Gasteiger partial charge is 0.332 e. The van der Waals surface area contributed by atoms with E-state index in [0.717, 1.165) is 10.1 Å². The van der Waals surface area contributed by atoms with Crippen LogP contribution in [0.3, 0.4) is 0 Å². The number of nitrogens with zero attached hydrogens (tertiary/aromatic N) is 3. The lowest BCUT2D eigenvalue weighted by atomic mass is 9.94.